The van der Waals surface area contributed by atoms with Gasteiger partial charge in [-0.05, 0) is 20.3 Å². The molecule has 6 heteroatoms. The predicted octanol–water partition coefficient (Wildman–Crippen LogP) is 2.49. The number of oxazole rings is 1. The topological polar surface area (TPSA) is 68.0 Å². The number of aryl methyl sites for hydroxylation is 1. The molecular formula is C12H15N3O2S. The maximum atomic E-state index is 12.1. The molecule has 0 spiro atoms. The fourth-order valence-corrected chi connectivity index (χ4v) is 2.45. The van der Waals surface area contributed by atoms with Crippen LogP contribution in [0.3, 0.4) is 0 Å². The van der Waals surface area contributed by atoms with Crippen LogP contribution in [0, 0.1) is 6.92 Å². The van der Waals surface area contributed by atoms with Crippen molar-refractivity contribution in [3.63, 3.8) is 0 Å². The Morgan fingerprint density at radius 3 is 2.83 bits per heavy atom. The molecule has 2 aromatic heterocycles. The Hall–Kier alpha value is -1.69. The number of rotatable bonds is 4. The first kappa shape index (κ1) is 12.8. The average molecular weight is 265 g/mol. The van der Waals surface area contributed by atoms with Gasteiger partial charge >= 0.3 is 0 Å². The Labute approximate surface area is 109 Å². The van der Waals surface area contributed by atoms with E-state index in [2.05, 4.69) is 15.3 Å². The largest absolute Gasteiger partial charge is 0.448 e. The molecule has 0 aliphatic heterocycles. The highest BCUT2D eigenvalue weighted by atomic mass is 32.1. The van der Waals surface area contributed by atoms with Crippen LogP contribution in [-0.2, 0) is 5.54 Å². The second-order valence-electron chi connectivity index (χ2n) is 4.23. The van der Waals surface area contributed by atoms with E-state index in [1.165, 1.54) is 17.7 Å². The number of thiazole rings is 1. The van der Waals surface area contributed by atoms with Gasteiger partial charge in [-0.3, -0.25) is 4.79 Å². The van der Waals surface area contributed by atoms with E-state index >= 15 is 0 Å². The van der Waals surface area contributed by atoms with Gasteiger partial charge in [-0.15, -0.1) is 11.3 Å². The summed E-state index contributed by atoms with van der Waals surface area (Å²) in [4.78, 5) is 20.3. The molecule has 0 fully saturated rings. The maximum absolute atomic E-state index is 12.1. The highest BCUT2D eigenvalue weighted by Gasteiger charge is 2.30. The molecule has 1 amide bonds. The summed E-state index contributed by atoms with van der Waals surface area (Å²) < 4.78 is 5.04. The second-order valence-corrected chi connectivity index (χ2v) is 5.13. The van der Waals surface area contributed by atoms with Crippen molar-refractivity contribution < 1.29 is 9.21 Å². The average Bonchev–Trinajstić information content (AvgIpc) is 2.99. The van der Waals surface area contributed by atoms with E-state index in [0.717, 1.165) is 11.4 Å². The molecule has 2 aromatic rings. The Kier molecular flexibility index (Phi) is 3.47. The number of nitrogens with one attached hydrogen (secondary N) is 1. The van der Waals surface area contributed by atoms with Crippen LogP contribution in [0.25, 0.3) is 0 Å². The van der Waals surface area contributed by atoms with Gasteiger partial charge in [0.1, 0.15) is 10.8 Å². The number of aromatic nitrogens is 2. The third-order valence-corrected chi connectivity index (χ3v) is 4.00. The molecule has 0 saturated heterocycles. The third kappa shape index (κ3) is 2.28. The van der Waals surface area contributed by atoms with Gasteiger partial charge in [-0.25, -0.2) is 9.97 Å². The van der Waals surface area contributed by atoms with Gasteiger partial charge in [0.25, 0.3) is 5.91 Å². The van der Waals surface area contributed by atoms with Crippen LogP contribution in [0.4, 0.5) is 0 Å². The summed E-state index contributed by atoms with van der Waals surface area (Å²) in [5, 5.41) is 5.76. The molecule has 0 aromatic carbocycles. The fourth-order valence-electron chi connectivity index (χ4n) is 1.62. The molecule has 0 aliphatic carbocycles. The van der Waals surface area contributed by atoms with E-state index in [0.29, 0.717) is 11.5 Å². The standard InChI is InChI=1S/C12H15N3O2S/c1-4-12(3,11-13-5-6-18-11)15-10(16)9-8(2)17-7-14-9/h5-7H,4H2,1-3H3,(H,15,16). The van der Waals surface area contributed by atoms with Gasteiger partial charge in [0.05, 0.1) is 5.54 Å². The summed E-state index contributed by atoms with van der Waals surface area (Å²) in [6, 6.07) is 0. The van der Waals surface area contributed by atoms with Crippen LogP contribution in [0.5, 0.6) is 0 Å². The highest BCUT2D eigenvalue weighted by molar-refractivity contribution is 7.09. The SMILES string of the molecule is CCC(C)(NC(=O)c1ncoc1C)c1nccs1. The van der Waals surface area contributed by atoms with E-state index in [1.807, 2.05) is 19.2 Å². The molecule has 0 saturated carbocycles. The second kappa shape index (κ2) is 4.89. The molecule has 2 heterocycles. The van der Waals surface area contributed by atoms with Gasteiger partial charge in [0, 0.05) is 11.6 Å². The van der Waals surface area contributed by atoms with Gasteiger partial charge in [-0.1, -0.05) is 6.92 Å². The van der Waals surface area contributed by atoms with Crippen LogP contribution < -0.4 is 5.32 Å². The van der Waals surface area contributed by atoms with Crippen LogP contribution in [0.1, 0.15) is 41.5 Å². The number of amides is 1. The van der Waals surface area contributed by atoms with Crippen molar-refractivity contribution in [3.8, 4) is 0 Å². The normalized spacial score (nSPS) is 14.2. The molecular weight excluding hydrogens is 250 g/mol. The minimum atomic E-state index is -0.476. The van der Waals surface area contributed by atoms with Crippen molar-refractivity contribution >= 4 is 17.2 Å². The maximum Gasteiger partial charge on any atom is 0.274 e. The van der Waals surface area contributed by atoms with Crippen molar-refractivity contribution in [2.75, 3.05) is 0 Å². The number of carbonyl (C=O) groups excluding carboxylic acids is 1. The Morgan fingerprint density at radius 2 is 2.33 bits per heavy atom. The summed E-state index contributed by atoms with van der Waals surface area (Å²) in [5.74, 6) is 0.283. The minimum Gasteiger partial charge on any atom is -0.448 e. The molecule has 96 valence electrons. The van der Waals surface area contributed by atoms with Gasteiger partial charge in [0.2, 0.25) is 0 Å². The van der Waals surface area contributed by atoms with Crippen LogP contribution in [0.2, 0.25) is 0 Å². The van der Waals surface area contributed by atoms with Crippen LogP contribution in [0.15, 0.2) is 22.4 Å². The van der Waals surface area contributed by atoms with E-state index < -0.39 is 5.54 Å². The summed E-state index contributed by atoms with van der Waals surface area (Å²) in [7, 11) is 0. The lowest BCUT2D eigenvalue weighted by molar-refractivity contribution is 0.0896. The van der Waals surface area contributed by atoms with E-state index in [1.54, 1.807) is 13.1 Å². The summed E-state index contributed by atoms with van der Waals surface area (Å²) >= 11 is 1.53. The minimum absolute atomic E-state index is 0.235. The van der Waals surface area contributed by atoms with E-state index in [4.69, 9.17) is 4.42 Å². The fraction of sp³-hybridized carbons (Fsp3) is 0.417. The first-order valence-corrected chi connectivity index (χ1v) is 6.57. The number of hydrogen-bond donors (Lipinski definition) is 1. The zero-order chi connectivity index (χ0) is 13.2. The van der Waals surface area contributed by atoms with Crippen LogP contribution >= 0.6 is 11.3 Å². The third-order valence-electron chi connectivity index (χ3n) is 2.96. The molecule has 1 atom stereocenters. The van der Waals surface area contributed by atoms with Gasteiger partial charge < -0.3 is 9.73 Å². The van der Waals surface area contributed by atoms with Gasteiger partial charge in [-0.2, -0.15) is 0 Å². The van der Waals surface area contributed by atoms with E-state index in [-0.39, 0.29) is 5.91 Å². The monoisotopic (exact) mass is 265 g/mol. The quantitative estimate of drug-likeness (QED) is 0.922. The first-order chi connectivity index (χ1) is 8.57. The Morgan fingerprint density at radius 1 is 1.56 bits per heavy atom. The number of carbonyl (C=O) groups is 1. The van der Waals surface area contributed by atoms with Crippen molar-refractivity contribution in [2.24, 2.45) is 0 Å². The summed E-state index contributed by atoms with van der Waals surface area (Å²) in [6.07, 6.45) is 3.77. The lowest BCUT2D eigenvalue weighted by Crippen LogP contribution is -2.43. The molecule has 0 radical (unpaired) electrons. The molecule has 1 unspecified atom stereocenters. The van der Waals surface area contributed by atoms with E-state index in [9.17, 15) is 4.79 Å². The lowest BCUT2D eigenvalue weighted by Gasteiger charge is -2.26. The summed E-state index contributed by atoms with van der Waals surface area (Å²) in [5.41, 5.74) is -0.150. The highest BCUT2D eigenvalue weighted by Crippen LogP contribution is 2.26. The van der Waals surface area contributed by atoms with Gasteiger partial charge in [0.15, 0.2) is 12.1 Å². The zero-order valence-electron chi connectivity index (χ0n) is 10.6. The summed E-state index contributed by atoms with van der Waals surface area (Å²) in [6.45, 7) is 5.69. The zero-order valence-corrected chi connectivity index (χ0v) is 11.4. The number of nitrogens with zero attached hydrogens (tertiary/aromatic N) is 2. The smallest absolute Gasteiger partial charge is 0.274 e. The lowest BCUT2D eigenvalue weighted by atomic mass is 9.99. The number of hydrogen-bond acceptors (Lipinski definition) is 5. The molecule has 2 rings (SSSR count). The van der Waals surface area contributed by atoms with Crippen LogP contribution in [-0.4, -0.2) is 15.9 Å². The predicted molar refractivity (Wildman–Crippen MR) is 68.5 cm³/mol. The van der Waals surface area contributed by atoms with Crippen molar-refractivity contribution in [3.05, 3.63) is 34.4 Å². The molecule has 0 aliphatic rings. The first-order valence-electron chi connectivity index (χ1n) is 5.69. The molecule has 0 bridgehead atoms. The Bertz CT molecular complexity index is 535. The van der Waals surface area contributed by atoms with Crippen molar-refractivity contribution in [1.29, 1.82) is 0 Å². The molecule has 5 nitrogen and oxygen atoms in total. The van der Waals surface area contributed by atoms with Crippen molar-refractivity contribution in [2.45, 2.75) is 32.7 Å². The Balaban J connectivity index is 2.22. The molecule has 1 N–H and O–H groups in total. The van der Waals surface area contributed by atoms with Crippen molar-refractivity contribution in [1.82, 2.24) is 15.3 Å². The molecule has 18 heavy (non-hydrogen) atoms.